The van der Waals surface area contributed by atoms with Gasteiger partial charge in [0.25, 0.3) is 0 Å². The maximum atomic E-state index is 12.2. The van der Waals surface area contributed by atoms with Crippen LogP contribution < -0.4 is 0 Å². The molecule has 0 fully saturated rings. The van der Waals surface area contributed by atoms with E-state index in [2.05, 4.69) is 4.98 Å². The van der Waals surface area contributed by atoms with E-state index in [9.17, 15) is 4.79 Å². The van der Waals surface area contributed by atoms with Crippen LogP contribution in [0.5, 0.6) is 0 Å². The Morgan fingerprint density at radius 1 is 1.07 bits per heavy atom. The monoisotopic (exact) mass is 361 g/mol. The van der Waals surface area contributed by atoms with Crippen LogP contribution in [0.25, 0.3) is 5.69 Å². The molecule has 1 aliphatic rings. The predicted octanol–water partition coefficient (Wildman–Crippen LogP) is 4.43. The highest BCUT2D eigenvalue weighted by molar-refractivity contribution is 6.15. The summed E-state index contributed by atoms with van der Waals surface area (Å²) >= 11 is 0. The van der Waals surface area contributed by atoms with Crippen LogP contribution in [0.3, 0.4) is 0 Å². The molecule has 3 aromatic rings. The molecule has 27 heavy (non-hydrogen) atoms. The lowest BCUT2D eigenvalue weighted by Gasteiger charge is -2.11. The fraction of sp³-hybridized carbons (Fsp3) is 0.227. The van der Waals surface area contributed by atoms with E-state index in [4.69, 9.17) is 9.73 Å². The van der Waals surface area contributed by atoms with Crippen LogP contribution in [-0.2, 0) is 11.3 Å². The number of hydrogen-bond acceptors (Lipinski definition) is 4. The van der Waals surface area contributed by atoms with E-state index in [1.807, 2.05) is 73.0 Å². The van der Waals surface area contributed by atoms with Crippen molar-refractivity contribution in [1.82, 2.24) is 9.55 Å². The van der Waals surface area contributed by atoms with Crippen molar-refractivity contribution in [2.75, 3.05) is 6.61 Å². The first kappa shape index (κ1) is 18.6. The Morgan fingerprint density at radius 2 is 1.78 bits per heavy atom. The second-order valence-electron chi connectivity index (χ2n) is 5.68. The highest BCUT2D eigenvalue weighted by Crippen LogP contribution is 2.26. The second-order valence-corrected chi connectivity index (χ2v) is 5.68. The molecule has 2 aromatic carbocycles. The predicted molar refractivity (Wildman–Crippen MR) is 107 cm³/mol. The normalized spacial score (nSPS) is 11.9. The number of benzene rings is 2. The minimum absolute atomic E-state index is 0.320. The van der Waals surface area contributed by atoms with Gasteiger partial charge in [-0.3, -0.25) is 9.56 Å². The third-order valence-electron chi connectivity index (χ3n) is 4.19. The summed E-state index contributed by atoms with van der Waals surface area (Å²) in [5.41, 5.74) is 5.01. The van der Waals surface area contributed by atoms with Gasteiger partial charge in [-0.1, -0.05) is 62.4 Å². The highest BCUT2D eigenvalue weighted by Gasteiger charge is 2.24. The van der Waals surface area contributed by atoms with Crippen LogP contribution in [0.2, 0.25) is 0 Å². The Kier molecular flexibility index (Phi) is 5.81. The van der Waals surface area contributed by atoms with Gasteiger partial charge < -0.3 is 4.74 Å². The van der Waals surface area contributed by atoms with Gasteiger partial charge in [0.2, 0.25) is 0 Å². The molecule has 4 rings (SSSR count). The van der Waals surface area contributed by atoms with Crippen LogP contribution in [0.4, 0.5) is 0 Å². The summed E-state index contributed by atoms with van der Waals surface area (Å²) in [7, 11) is 0. The summed E-state index contributed by atoms with van der Waals surface area (Å²) in [6.07, 6.45) is 1.67. The van der Waals surface area contributed by atoms with Crippen LogP contribution in [0.1, 0.15) is 48.1 Å². The number of para-hydroxylation sites is 1. The number of imidazole rings is 1. The van der Waals surface area contributed by atoms with Crippen molar-refractivity contribution in [2.45, 2.75) is 27.3 Å². The first-order valence-electron chi connectivity index (χ1n) is 9.22. The highest BCUT2D eigenvalue weighted by atomic mass is 16.5. The van der Waals surface area contributed by atoms with Gasteiger partial charge in [0.05, 0.1) is 30.2 Å². The summed E-state index contributed by atoms with van der Waals surface area (Å²) < 4.78 is 7.06. The summed E-state index contributed by atoms with van der Waals surface area (Å²) in [4.78, 5) is 21.3. The molecule has 1 aliphatic heterocycles. The van der Waals surface area contributed by atoms with Crippen LogP contribution >= 0.6 is 0 Å². The fourth-order valence-corrected chi connectivity index (χ4v) is 3.07. The average Bonchev–Trinajstić information content (AvgIpc) is 3.08. The molecule has 5 heteroatoms. The van der Waals surface area contributed by atoms with Gasteiger partial charge in [-0.25, -0.2) is 9.78 Å². The number of hydrogen-bond donors (Lipinski definition) is 0. The molecule has 0 bridgehead atoms. The second kappa shape index (κ2) is 8.45. The molecule has 2 heterocycles. The summed E-state index contributed by atoms with van der Waals surface area (Å²) in [6, 6.07) is 18.1. The van der Waals surface area contributed by atoms with Crippen molar-refractivity contribution < 1.29 is 9.53 Å². The van der Waals surface area contributed by atoms with Crippen molar-refractivity contribution in [3.8, 4) is 5.69 Å². The van der Waals surface area contributed by atoms with Gasteiger partial charge >= 0.3 is 5.97 Å². The van der Waals surface area contributed by atoms with Gasteiger partial charge in [-0.05, 0) is 13.0 Å². The SMILES string of the molecule is CC.CCOC(=O)c1ncn2c1CN=C(c1ccccc1)c1ccccc1-2. The number of esters is 1. The van der Waals surface area contributed by atoms with E-state index in [1.165, 1.54) is 0 Å². The number of ether oxygens (including phenoxy) is 1. The summed E-state index contributed by atoms with van der Waals surface area (Å²) in [5.74, 6) is -0.410. The van der Waals surface area contributed by atoms with E-state index >= 15 is 0 Å². The van der Waals surface area contributed by atoms with Crippen LogP contribution in [-0.4, -0.2) is 27.8 Å². The smallest absolute Gasteiger partial charge is 0.358 e. The van der Waals surface area contributed by atoms with Gasteiger partial charge in [-0.2, -0.15) is 0 Å². The van der Waals surface area contributed by atoms with Crippen molar-refractivity contribution in [1.29, 1.82) is 0 Å². The number of carbonyl (C=O) groups excluding carboxylic acids is 1. The number of fused-ring (bicyclic) bond motifs is 3. The van der Waals surface area contributed by atoms with E-state index in [0.717, 1.165) is 28.2 Å². The molecular weight excluding hydrogens is 338 g/mol. The molecule has 0 saturated heterocycles. The maximum Gasteiger partial charge on any atom is 0.358 e. The van der Waals surface area contributed by atoms with Gasteiger partial charge in [-0.15, -0.1) is 0 Å². The number of nitrogens with zero attached hydrogens (tertiary/aromatic N) is 3. The van der Waals surface area contributed by atoms with Crippen molar-refractivity contribution in [3.05, 3.63) is 83.4 Å². The zero-order valence-electron chi connectivity index (χ0n) is 15.8. The van der Waals surface area contributed by atoms with Gasteiger partial charge in [0.15, 0.2) is 5.69 Å². The fourth-order valence-electron chi connectivity index (χ4n) is 3.07. The Bertz CT molecular complexity index is 959. The number of aromatic nitrogens is 2. The molecule has 5 nitrogen and oxygen atoms in total. The first-order valence-corrected chi connectivity index (χ1v) is 9.22. The lowest BCUT2D eigenvalue weighted by Crippen LogP contribution is -2.09. The van der Waals surface area contributed by atoms with Crippen LogP contribution in [0.15, 0.2) is 65.9 Å². The minimum atomic E-state index is -0.410. The van der Waals surface area contributed by atoms with Crippen molar-refractivity contribution in [2.24, 2.45) is 4.99 Å². The Morgan fingerprint density at radius 3 is 2.52 bits per heavy atom. The molecule has 0 atom stereocenters. The molecule has 1 aromatic heterocycles. The van der Waals surface area contributed by atoms with E-state index in [-0.39, 0.29) is 0 Å². The Labute approximate surface area is 159 Å². The van der Waals surface area contributed by atoms with Crippen molar-refractivity contribution >= 4 is 11.7 Å². The van der Waals surface area contributed by atoms with E-state index in [0.29, 0.717) is 18.8 Å². The quantitative estimate of drug-likeness (QED) is 0.649. The average molecular weight is 361 g/mol. The molecule has 0 N–H and O–H groups in total. The molecule has 0 spiro atoms. The zero-order chi connectivity index (χ0) is 19.2. The van der Waals surface area contributed by atoms with E-state index < -0.39 is 5.97 Å². The summed E-state index contributed by atoms with van der Waals surface area (Å²) in [5, 5.41) is 0. The minimum Gasteiger partial charge on any atom is -0.461 e. The first-order chi connectivity index (χ1) is 13.3. The van der Waals surface area contributed by atoms with Gasteiger partial charge in [0.1, 0.15) is 6.33 Å². The zero-order valence-corrected chi connectivity index (χ0v) is 15.8. The van der Waals surface area contributed by atoms with E-state index in [1.54, 1.807) is 13.3 Å². The number of aliphatic imine (C=N–C) groups is 1. The lowest BCUT2D eigenvalue weighted by atomic mass is 10.0. The molecule has 0 saturated carbocycles. The largest absolute Gasteiger partial charge is 0.461 e. The maximum absolute atomic E-state index is 12.2. The topological polar surface area (TPSA) is 56.5 Å². The lowest BCUT2D eigenvalue weighted by molar-refractivity contribution is 0.0518. The molecular formula is C22H23N3O2. The molecule has 0 radical (unpaired) electrons. The van der Waals surface area contributed by atoms with Crippen molar-refractivity contribution in [3.63, 3.8) is 0 Å². The Balaban J connectivity index is 0.00000102. The number of rotatable bonds is 3. The molecule has 138 valence electrons. The molecule has 0 unspecified atom stereocenters. The third kappa shape index (κ3) is 3.53. The molecule has 0 aliphatic carbocycles. The Hall–Kier alpha value is -3.21. The van der Waals surface area contributed by atoms with Crippen LogP contribution in [0, 0.1) is 0 Å². The molecule has 0 amide bonds. The van der Waals surface area contributed by atoms with Gasteiger partial charge in [0, 0.05) is 11.1 Å². The number of carbonyl (C=O) groups is 1. The summed E-state index contributed by atoms with van der Waals surface area (Å²) in [6.45, 7) is 6.47. The standard InChI is InChI=1S/C20H17N3O2.C2H6/c1-2-25-20(24)19-17-12-21-18(14-8-4-3-5-9-14)15-10-6-7-11-16(15)23(17)13-22-19;1-2/h3-11,13H,2,12H2,1H3;1-2H3. The third-order valence-corrected chi connectivity index (χ3v) is 4.19.